The van der Waals surface area contributed by atoms with Crippen LogP contribution in [0.5, 0.6) is 0 Å². The highest BCUT2D eigenvalue weighted by Crippen LogP contribution is 2.20. The zero-order valence-electron chi connectivity index (χ0n) is 11.2. The average Bonchev–Trinajstić information content (AvgIpc) is 2.40. The Bertz CT molecular complexity index is 373. The second-order valence-corrected chi connectivity index (χ2v) is 5.13. The third-order valence-corrected chi connectivity index (χ3v) is 3.62. The summed E-state index contributed by atoms with van der Waals surface area (Å²) in [4.78, 5) is 0. The Balaban J connectivity index is 1.66. The molecule has 18 heavy (non-hydrogen) atoms. The Morgan fingerprint density at radius 2 is 2.06 bits per heavy atom. The van der Waals surface area contributed by atoms with E-state index in [1.54, 1.807) is 0 Å². The lowest BCUT2D eigenvalue weighted by Crippen LogP contribution is -2.20. The summed E-state index contributed by atoms with van der Waals surface area (Å²) in [6.07, 6.45) is 6.98. The van der Waals surface area contributed by atoms with Crippen molar-refractivity contribution < 1.29 is 4.74 Å². The number of rotatable bonds is 5. The summed E-state index contributed by atoms with van der Waals surface area (Å²) >= 11 is 0. The minimum Gasteiger partial charge on any atom is -0.398 e. The molecular formula is C15H24N2O. The summed E-state index contributed by atoms with van der Waals surface area (Å²) in [6.45, 7) is 3.64. The molecule has 0 heterocycles. The van der Waals surface area contributed by atoms with E-state index in [-0.39, 0.29) is 0 Å². The van der Waals surface area contributed by atoms with Crippen LogP contribution < -0.4 is 11.1 Å². The average molecular weight is 248 g/mol. The molecule has 1 aromatic carbocycles. The molecule has 0 saturated heterocycles. The van der Waals surface area contributed by atoms with Gasteiger partial charge in [0.2, 0.25) is 0 Å². The molecular weight excluding hydrogens is 224 g/mol. The highest BCUT2D eigenvalue weighted by Gasteiger charge is 2.12. The van der Waals surface area contributed by atoms with Gasteiger partial charge in [0.1, 0.15) is 0 Å². The molecule has 1 aromatic rings. The fourth-order valence-electron chi connectivity index (χ4n) is 2.40. The van der Waals surface area contributed by atoms with Crippen molar-refractivity contribution in [2.24, 2.45) is 0 Å². The van der Waals surface area contributed by atoms with E-state index in [4.69, 9.17) is 10.5 Å². The van der Waals surface area contributed by atoms with Gasteiger partial charge in [0, 0.05) is 17.9 Å². The maximum absolute atomic E-state index is 5.87. The van der Waals surface area contributed by atoms with E-state index >= 15 is 0 Å². The first-order chi connectivity index (χ1) is 8.75. The summed E-state index contributed by atoms with van der Waals surface area (Å²) < 4.78 is 5.86. The number of benzene rings is 1. The Morgan fingerprint density at radius 1 is 1.28 bits per heavy atom. The first-order valence-electron chi connectivity index (χ1n) is 6.97. The Hall–Kier alpha value is -1.22. The molecule has 1 fully saturated rings. The maximum Gasteiger partial charge on any atom is 0.0642 e. The molecule has 3 nitrogen and oxygen atoms in total. The predicted molar refractivity (Wildman–Crippen MR) is 76.9 cm³/mol. The summed E-state index contributed by atoms with van der Waals surface area (Å²) in [5.74, 6) is 0. The minimum atomic E-state index is 0.489. The molecule has 0 bridgehead atoms. The van der Waals surface area contributed by atoms with Crippen molar-refractivity contribution in [1.29, 1.82) is 0 Å². The molecule has 0 aromatic heterocycles. The number of hydrogen-bond donors (Lipinski definition) is 2. The summed E-state index contributed by atoms with van der Waals surface area (Å²) in [7, 11) is 0. The molecule has 1 aliphatic carbocycles. The predicted octanol–water partition coefficient (Wildman–Crippen LogP) is 3.34. The molecule has 3 N–H and O–H groups in total. The molecule has 100 valence electrons. The van der Waals surface area contributed by atoms with Gasteiger partial charge in [-0.15, -0.1) is 0 Å². The van der Waals surface area contributed by atoms with Crippen molar-refractivity contribution in [1.82, 2.24) is 0 Å². The number of ether oxygens (including phenoxy) is 1. The highest BCUT2D eigenvalue weighted by atomic mass is 16.5. The molecule has 1 saturated carbocycles. The zero-order chi connectivity index (χ0) is 12.8. The van der Waals surface area contributed by atoms with E-state index in [1.165, 1.54) is 32.1 Å². The van der Waals surface area contributed by atoms with Gasteiger partial charge in [0.05, 0.1) is 12.7 Å². The van der Waals surface area contributed by atoms with Gasteiger partial charge in [-0.1, -0.05) is 25.3 Å². The van der Waals surface area contributed by atoms with Crippen LogP contribution in [0, 0.1) is 6.92 Å². The number of nitrogens with two attached hydrogens (primary N) is 1. The highest BCUT2D eigenvalue weighted by molar-refractivity contribution is 5.58. The molecule has 0 atom stereocenters. The third kappa shape index (κ3) is 3.91. The van der Waals surface area contributed by atoms with Crippen LogP contribution >= 0.6 is 0 Å². The first kappa shape index (κ1) is 13.2. The van der Waals surface area contributed by atoms with E-state index in [9.17, 15) is 0 Å². The number of hydrogen-bond acceptors (Lipinski definition) is 3. The lowest BCUT2D eigenvalue weighted by atomic mass is 9.98. The standard InChI is InChI=1S/C15H24N2O/c1-12-7-8-13(11-15(12)16)17-9-10-18-14-5-3-2-4-6-14/h7-8,11,14,17H,2-6,9-10,16H2,1H3. The molecule has 0 spiro atoms. The number of aryl methyl sites for hydroxylation is 1. The normalized spacial score (nSPS) is 16.7. The van der Waals surface area contributed by atoms with Gasteiger partial charge in [-0.3, -0.25) is 0 Å². The van der Waals surface area contributed by atoms with E-state index in [1.807, 2.05) is 19.1 Å². The van der Waals surface area contributed by atoms with Crippen LogP contribution in [-0.2, 0) is 4.74 Å². The topological polar surface area (TPSA) is 47.3 Å². The summed E-state index contributed by atoms with van der Waals surface area (Å²) in [6, 6.07) is 6.09. The maximum atomic E-state index is 5.87. The summed E-state index contributed by atoms with van der Waals surface area (Å²) in [5.41, 5.74) is 8.91. The molecule has 0 aliphatic heterocycles. The van der Waals surface area contributed by atoms with Crippen LogP contribution in [0.4, 0.5) is 11.4 Å². The fraction of sp³-hybridized carbons (Fsp3) is 0.600. The van der Waals surface area contributed by atoms with Gasteiger partial charge in [-0.05, 0) is 37.5 Å². The number of nitrogens with one attached hydrogen (secondary N) is 1. The van der Waals surface area contributed by atoms with E-state index < -0.39 is 0 Å². The number of nitrogen functional groups attached to an aromatic ring is 1. The molecule has 3 heteroatoms. The van der Waals surface area contributed by atoms with Crippen LogP contribution in [0.2, 0.25) is 0 Å². The lowest BCUT2D eigenvalue weighted by Gasteiger charge is -2.22. The zero-order valence-corrected chi connectivity index (χ0v) is 11.2. The third-order valence-electron chi connectivity index (χ3n) is 3.62. The fourth-order valence-corrected chi connectivity index (χ4v) is 2.40. The van der Waals surface area contributed by atoms with Crippen LogP contribution in [0.25, 0.3) is 0 Å². The van der Waals surface area contributed by atoms with Gasteiger partial charge in [-0.25, -0.2) is 0 Å². The SMILES string of the molecule is Cc1ccc(NCCOC2CCCCC2)cc1N. The summed E-state index contributed by atoms with van der Waals surface area (Å²) in [5, 5.41) is 3.35. The van der Waals surface area contributed by atoms with Gasteiger partial charge in [0.25, 0.3) is 0 Å². The van der Waals surface area contributed by atoms with E-state index in [0.29, 0.717) is 6.10 Å². The van der Waals surface area contributed by atoms with Crippen molar-refractivity contribution >= 4 is 11.4 Å². The Morgan fingerprint density at radius 3 is 2.78 bits per heavy atom. The van der Waals surface area contributed by atoms with Gasteiger partial charge in [-0.2, -0.15) is 0 Å². The van der Waals surface area contributed by atoms with Gasteiger partial charge >= 0.3 is 0 Å². The molecule has 0 amide bonds. The molecule has 1 aliphatic rings. The molecule has 2 rings (SSSR count). The molecule has 0 unspecified atom stereocenters. The quantitative estimate of drug-likeness (QED) is 0.620. The largest absolute Gasteiger partial charge is 0.398 e. The van der Waals surface area contributed by atoms with Gasteiger partial charge < -0.3 is 15.8 Å². The monoisotopic (exact) mass is 248 g/mol. The minimum absolute atomic E-state index is 0.489. The van der Waals surface area contributed by atoms with E-state index in [0.717, 1.165) is 30.1 Å². The van der Waals surface area contributed by atoms with Crippen LogP contribution in [0.1, 0.15) is 37.7 Å². The Kier molecular flexibility index (Phi) is 4.88. The van der Waals surface area contributed by atoms with Crippen LogP contribution in [0.3, 0.4) is 0 Å². The second-order valence-electron chi connectivity index (χ2n) is 5.13. The van der Waals surface area contributed by atoms with Gasteiger partial charge in [0.15, 0.2) is 0 Å². The van der Waals surface area contributed by atoms with Crippen molar-refractivity contribution in [3.63, 3.8) is 0 Å². The number of anilines is 2. The first-order valence-corrected chi connectivity index (χ1v) is 6.97. The molecule has 0 radical (unpaired) electrons. The lowest BCUT2D eigenvalue weighted by molar-refractivity contribution is 0.0347. The van der Waals surface area contributed by atoms with E-state index in [2.05, 4.69) is 11.4 Å². The van der Waals surface area contributed by atoms with Crippen LogP contribution in [-0.4, -0.2) is 19.3 Å². The smallest absolute Gasteiger partial charge is 0.0642 e. The van der Waals surface area contributed by atoms with Crippen molar-refractivity contribution in [2.75, 3.05) is 24.2 Å². The van der Waals surface area contributed by atoms with Crippen molar-refractivity contribution in [3.05, 3.63) is 23.8 Å². The van der Waals surface area contributed by atoms with Crippen molar-refractivity contribution in [2.45, 2.75) is 45.1 Å². The van der Waals surface area contributed by atoms with Crippen LogP contribution in [0.15, 0.2) is 18.2 Å². The second kappa shape index (κ2) is 6.64. The van der Waals surface area contributed by atoms with Crippen molar-refractivity contribution in [3.8, 4) is 0 Å². The Labute approximate surface area is 110 Å².